The number of benzene rings is 2. The second-order valence-corrected chi connectivity index (χ2v) is 11.1. The summed E-state index contributed by atoms with van der Waals surface area (Å²) in [5.41, 5.74) is 9.26. The van der Waals surface area contributed by atoms with Crippen molar-refractivity contribution in [3.63, 3.8) is 0 Å². The number of hydrogen-bond acceptors (Lipinski definition) is 0. The second-order valence-electron chi connectivity index (χ2n) is 11.1. The summed E-state index contributed by atoms with van der Waals surface area (Å²) in [6.45, 7) is 13.7. The monoisotopic (exact) mass is 384 g/mol. The van der Waals surface area contributed by atoms with E-state index in [1.807, 2.05) is 0 Å². The average molecular weight is 385 g/mol. The molecule has 152 valence electrons. The van der Waals surface area contributed by atoms with Crippen molar-refractivity contribution >= 4 is 11.1 Å². The lowest BCUT2D eigenvalue weighted by atomic mass is 9.69. The molecule has 0 saturated heterocycles. The molecule has 29 heavy (non-hydrogen) atoms. The maximum absolute atomic E-state index is 2.53. The Hall–Kier alpha value is -2.08. The minimum atomic E-state index is 0.218. The van der Waals surface area contributed by atoms with Crippen LogP contribution in [-0.4, -0.2) is 0 Å². The van der Waals surface area contributed by atoms with Crippen molar-refractivity contribution in [3.8, 4) is 0 Å². The van der Waals surface area contributed by atoms with Crippen LogP contribution in [0.5, 0.6) is 0 Å². The summed E-state index contributed by atoms with van der Waals surface area (Å²) in [7, 11) is 0. The van der Waals surface area contributed by atoms with E-state index < -0.39 is 0 Å². The van der Waals surface area contributed by atoms with Crippen LogP contribution in [0.3, 0.4) is 0 Å². The van der Waals surface area contributed by atoms with Crippen LogP contribution in [0.4, 0.5) is 0 Å². The van der Waals surface area contributed by atoms with Crippen LogP contribution < -0.4 is 0 Å². The molecule has 0 N–H and O–H groups in total. The Bertz CT molecular complexity index is 842. The lowest BCUT2D eigenvalue weighted by Crippen LogP contribution is -2.21. The molecule has 2 atom stereocenters. The summed E-state index contributed by atoms with van der Waals surface area (Å²) < 4.78 is 0. The number of fused-ring (bicyclic) bond motifs is 2. The molecule has 2 aromatic carbocycles. The van der Waals surface area contributed by atoms with Crippen molar-refractivity contribution < 1.29 is 0 Å². The summed E-state index contributed by atoms with van der Waals surface area (Å²) in [6.07, 6.45) is 8.68. The Morgan fingerprint density at radius 2 is 0.897 bits per heavy atom. The van der Waals surface area contributed by atoms with Crippen molar-refractivity contribution in [1.82, 2.24) is 0 Å². The zero-order valence-corrected chi connectivity index (χ0v) is 19.0. The quantitative estimate of drug-likeness (QED) is 0.489. The predicted molar refractivity (Wildman–Crippen MR) is 127 cm³/mol. The van der Waals surface area contributed by atoms with E-state index in [-0.39, 0.29) is 10.8 Å². The topological polar surface area (TPSA) is 0 Å². The third-order valence-corrected chi connectivity index (χ3v) is 6.86. The first-order valence-electron chi connectivity index (χ1n) is 11.2. The molecule has 0 nitrogen and oxygen atoms in total. The summed E-state index contributed by atoms with van der Waals surface area (Å²) in [6, 6.07) is 18.7. The summed E-state index contributed by atoms with van der Waals surface area (Å²) >= 11 is 0. The Morgan fingerprint density at radius 1 is 0.552 bits per heavy atom. The maximum atomic E-state index is 2.53. The van der Waals surface area contributed by atoms with Gasteiger partial charge in [0.05, 0.1) is 0 Å². The molecule has 0 unspecified atom stereocenters. The third-order valence-electron chi connectivity index (χ3n) is 6.86. The smallest absolute Gasteiger partial charge is 0.0118 e. The van der Waals surface area contributed by atoms with Gasteiger partial charge in [-0.2, -0.15) is 0 Å². The lowest BCUT2D eigenvalue weighted by molar-refractivity contribution is 0.468. The van der Waals surface area contributed by atoms with Gasteiger partial charge in [0.15, 0.2) is 0 Å². The molecule has 0 spiro atoms. The highest BCUT2D eigenvalue weighted by atomic mass is 14.4. The molecule has 0 radical (unpaired) electrons. The summed E-state index contributed by atoms with van der Waals surface area (Å²) in [5, 5.41) is 0. The van der Waals surface area contributed by atoms with Gasteiger partial charge in [0.1, 0.15) is 0 Å². The van der Waals surface area contributed by atoms with E-state index >= 15 is 0 Å². The first-order valence-corrected chi connectivity index (χ1v) is 11.2. The van der Waals surface area contributed by atoms with Gasteiger partial charge in [-0.15, -0.1) is 0 Å². The van der Waals surface area contributed by atoms with Gasteiger partial charge in [0.25, 0.3) is 0 Å². The largest absolute Gasteiger partial charge is 0.0798 e. The molecule has 4 rings (SSSR count). The molecule has 0 aromatic heterocycles. The molecule has 0 heteroatoms. The van der Waals surface area contributed by atoms with Crippen molar-refractivity contribution in [3.05, 3.63) is 82.9 Å². The lowest BCUT2D eigenvalue weighted by Gasteiger charge is -2.36. The highest BCUT2D eigenvalue weighted by molar-refractivity contribution is 5.75. The fraction of sp³-hybridized carbons (Fsp3) is 0.448. The number of allylic oxidation sites excluding steroid dienone is 4. The van der Waals surface area contributed by atoms with Crippen LogP contribution in [-0.2, 0) is 10.8 Å². The van der Waals surface area contributed by atoms with E-state index in [0.717, 1.165) is 0 Å². The minimum Gasteiger partial charge on any atom is -0.0798 e. The number of rotatable bonds is 2. The maximum Gasteiger partial charge on any atom is -0.0118 e. The average Bonchev–Trinajstić information content (AvgIpc) is 2.67. The van der Waals surface area contributed by atoms with Crippen LogP contribution in [0.15, 0.2) is 60.7 Å². The molecule has 0 fully saturated rings. The van der Waals surface area contributed by atoms with Gasteiger partial charge in [-0.1, -0.05) is 102 Å². The molecular formula is C29H36. The fourth-order valence-corrected chi connectivity index (χ4v) is 4.95. The molecule has 2 aliphatic carbocycles. The first kappa shape index (κ1) is 20.2. The zero-order chi connectivity index (χ0) is 20.8. The van der Waals surface area contributed by atoms with Gasteiger partial charge in [-0.3, -0.25) is 0 Å². The van der Waals surface area contributed by atoms with Crippen LogP contribution >= 0.6 is 0 Å². The Kier molecular flexibility index (Phi) is 5.09. The molecule has 0 amide bonds. The van der Waals surface area contributed by atoms with E-state index in [0.29, 0.717) is 11.8 Å². The van der Waals surface area contributed by atoms with Gasteiger partial charge in [-0.25, -0.2) is 0 Å². The molecule has 0 heterocycles. The third kappa shape index (κ3) is 4.13. The zero-order valence-electron chi connectivity index (χ0n) is 19.0. The van der Waals surface area contributed by atoms with Gasteiger partial charge in [0.2, 0.25) is 0 Å². The standard InChI is InChI=1S/C29H36/c1-28(2,3)24-13-7-20(8-14-24)26-17-11-23-19-22(26)12-18-27(23)21-9-15-25(16-10-21)29(4,5)6/h7-10,13-18,22-23H,11-12,19H2,1-6H3/t22-,23-/m0/s1. The Morgan fingerprint density at radius 3 is 1.21 bits per heavy atom. The van der Waals surface area contributed by atoms with Crippen molar-refractivity contribution in [2.45, 2.75) is 71.6 Å². The summed E-state index contributed by atoms with van der Waals surface area (Å²) in [4.78, 5) is 0. The molecular weight excluding hydrogens is 348 g/mol. The predicted octanol–water partition coefficient (Wildman–Crippen LogP) is 8.18. The summed E-state index contributed by atoms with van der Waals surface area (Å²) in [5.74, 6) is 1.35. The molecule has 2 aromatic rings. The molecule has 0 saturated carbocycles. The normalized spacial score (nSPS) is 22.1. The minimum absolute atomic E-state index is 0.218. The van der Waals surface area contributed by atoms with Crippen LogP contribution in [0.25, 0.3) is 11.1 Å². The highest BCUT2D eigenvalue weighted by Crippen LogP contribution is 2.47. The molecule has 0 aliphatic heterocycles. The van der Waals surface area contributed by atoms with Crippen molar-refractivity contribution in [2.24, 2.45) is 11.8 Å². The fourth-order valence-electron chi connectivity index (χ4n) is 4.95. The van der Waals surface area contributed by atoms with Gasteiger partial charge < -0.3 is 0 Å². The first-order chi connectivity index (χ1) is 13.6. The molecule has 2 bridgehead atoms. The van der Waals surface area contributed by atoms with Crippen LogP contribution in [0.2, 0.25) is 0 Å². The second kappa shape index (κ2) is 7.31. The van der Waals surface area contributed by atoms with Crippen LogP contribution in [0, 0.1) is 11.8 Å². The van der Waals surface area contributed by atoms with Gasteiger partial charge in [-0.05, 0) is 75.3 Å². The Balaban J connectivity index is 1.53. The van der Waals surface area contributed by atoms with E-state index in [1.54, 1.807) is 11.1 Å². The van der Waals surface area contributed by atoms with Gasteiger partial charge >= 0.3 is 0 Å². The van der Waals surface area contributed by atoms with E-state index in [9.17, 15) is 0 Å². The number of hydrogen-bond donors (Lipinski definition) is 0. The van der Waals surface area contributed by atoms with E-state index in [4.69, 9.17) is 0 Å². The SMILES string of the molecule is CC(C)(C)c1ccc(C2=CC[C@H]3C[C@@H]2CC=C3c2ccc(C(C)(C)C)cc2)cc1. The van der Waals surface area contributed by atoms with E-state index in [1.165, 1.54) is 41.5 Å². The Labute approximate surface area is 177 Å². The van der Waals surface area contributed by atoms with E-state index in [2.05, 4.69) is 102 Å². The van der Waals surface area contributed by atoms with Gasteiger partial charge in [0, 0.05) is 0 Å². The van der Waals surface area contributed by atoms with Crippen LogP contribution in [0.1, 0.15) is 83.1 Å². The van der Waals surface area contributed by atoms with Crippen molar-refractivity contribution in [2.75, 3.05) is 0 Å². The molecule has 2 aliphatic rings. The van der Waals surface area contributed by atoms with Crippen molar-refractivity contribution in [1.29, 1.82) is 0 Å². The highest BCUT2D eigenvalue weighted by Gasteiger charge is 2.31.